The fourth-order valence-corrected chi connectivity index (χ4v) is 5.90. The zero-order valence-electron chi connectivity index (χ0n) is 21.3. The molecule has 0 radical (unpaired) electrons. The molecule has 3 aliphatic rings. The highest BCUT2D eigenvalue weighted by Crippen LogP contribution is 2.47. The Morgan fingerprint density at radius 2 is 1.86 bits per heavy atom. The molecule has 2 heterocycles. The van der Waals surface area contributed by atoms with Gasteiger partial charge < -0.3 is 30.5 Å². The Balaban J connectivity index is 1.22. The minimum atomic E-state index is -0.526. The lowest BCUT2D eigenvalue weighted by Gasteiger charge is -2.37. The topological polar surface area (TPSA) is 109 Å². The van der Waals surface area contributed by atoms with Crippen molar-refractivity contribution in [2.45, 2.75) is 88.2 Å². The summed E-state index contributed by atoms with van der Waals surface area (Å²) in [7, 11) is 0. The lowest BCUT2D eigenvalue weighted by Crippen LogP contribution is -2.47. The molecule has 1 aliphatic carbocycles. The van der Waals surface area contributed by atoms with Gasteiger partial charge >= 0.3 is 6.03 Å². The van der Waals surface area contributed by atoms with Crippen LogP contribution in [0.2, 0.25) is 0 Å². The third-order valence-electron chi connectivity index (χ3n) is 7.79. The van der Waals surface area contributed by atoms with Gasteiger partial charge in [-0.2, -0.15) is 0 Å². The van der Waals surface area contributed by atoms with Crippen LogP contribution in [0, 0.1) is 0 Å². The van der Waals surface area contributed by atoms with Crippen molar-refractivity contribution >= 4 is 17.6 Å². The van der Waals surface area contributed by atoms with Gasteiger partial charge in [-0.15, -0.1) is 0 Å². The molecule has 5 rings (SSSR count). The molecule has 2 aromatic rings. The van der Waals surface area contributed by atoms with E-state index in [4.69, 9.17) is 9.47 Å². The first-order valence-corrected chi connectivity index (χ1v) is 13.5. The van der Waals surface area contributed by atoms with Crippen LogP contribution in [-0.2, 0) is 9.53 Å². The predicted molar refractivity (Wildman–Crippen MR) is 141 cm³/mol. The fraction of sp³-hybridized carbons (Fsp3) is 0.517. The highest BCUT2D eigenvalue weighted by atomic mass is 16.6. The van der Waals surface area contributed by atoms with Crippen molar-refractivity contribution in [2.24, 2.45) is 0 Å². The first-order chi connectivity index (χ1) is 18.0. The molecule has 0 aromatic heterocycles. The van der Waals surface area contributed by atoms with E-state index >= 15 is 0 Å². The average Bonchev–Trinajstić information content (AvgIpc) is 3.27. The Bertz CT molecular complexity index is 1090. The van der Waals surface area contributed by atoms with Crippen LogP contribution in [0.5, 0.6) is 5.75 Å². The Kier molecular flexibility index (Phi) is 7.96. The van der Waals surface area contributed by atoms with E-state index in [2.05, 4.69) is 16.0 Å². The van der Waals surface area contributed by atoms with Crippen LogP contribution in [-0.4, -0.2) is 48.0 Å². The van der Waals surface area contributed by atoms with E-state index < -0.39 is 6.10 Å². The van der Waals surface area contributed by atoms with Gasteiger partial charge in [0, 0.05) is 23.2 Å². The number of anilines is 1. The van der Waals surface area contributed by atoms with Crippen molar-refractivity contribution in [3.05, 3.63) is 59.7 Å². The quantitative estimate of drug-likeness (QED) is 0.444. The molecule has 2 aliphatic heterocycles. The molecular weight excluding hydrogens is 470 g/mol. The molecule has 8 heteroatoms. The smallest absolute Gasteiger partial charge is 0.319 e. The number of carbonyl (C=O) groups is 2. The molecule has 2 aromatic carbocycles. The molecule has 1 saturated carbocycles. The molecule has 0 bridgehead atoms. The summed E-state index contributed by atoms with van der Waals surface area (Å²) in [5.74, 6) is 0.608. The number of fused-ring (bicyclic) bond motifs is 3. The van der Waals surface area contributed by atoms with E-state index in [9.17, 15) is 14.7 Å². The summed E-state index contributed by atoms with van der Waals surface area (Å²) in [5.41, 5.74) is 2.72. The van der Waals surface area contributed by atoms with E-state index in [1.165, 1.54) is 6.42 Å². The van der Waals surface area contributed by atoms with Gasteiger partial charge in [-0.1, -0.05) is 49.6 Å². The number of aliphatic hydroxyl groups is 1. The number of urea groups is 1. The Labute approximate surface area is 218 Å². The van der Waals surface area contributed by atoms with Crippen LogP contribution >= 0.6 is 0 Å². The number of ether oxygens (including phenoxy) is 2. The highest BCUT2D eigenvalue weighted by Gasteiger charge is 2.46. The molecule has 3 amide bonds. The van der Waals surface area contributed by atoms with Gasteiger partial charge in [0.25, 0.3) is 0 Å². The van der Waals surface area contributed by atoms with Gasteiger partial charge in [-0.3, -0.25) is 4.79 Å². The van der Waals surface area contributed by atoms with E-state index in [1.807, 2.05) is 55.5 Å². The number of aliphatic hydroxyl groups excluding tert-OH is 1. The second-order valence-electron chi connectivity index (χ2n) is 10.5. The van der Waals surface area contributed by atoms with Gasteiger partial charge in [0.2, 0.25) is 5.91 Å². The van der Waals surface area contributed by atoms with E-state index in [0.29, 0.717) is 12.1 Å². The van der Waals surface area contributed by atoms with Gasteiger partial charge in [0.1, 0.15) is 18.0 Å². The van der Waals surface area contributed by atoms with E-state index in [1.54, 1.807) is 0 Å². The first-order valence-electron chi connectivity index (χ1n) is 13.5. The summed E-state index contributed by atoms with van der Waals surface area (Å²) in [6.45, 7) is 1.77. The van der Waals surface area contributed by atoms with Gasteiger partial charge in [0.05, 0.1) is 25.2 Å². The van der Waals surface area contributed by atoms with Gasteiger partial charge in [-0.05, 0) is 49.9 Å². The molecule has 1 saturated heterocycles. The Hall–Kier alpha value is -3.10. The van der Waals surface area contributed by atoms with Gasteiger partial charge in [-0.25, -0.2) is 4.79 Å². The van der Waals surface area contributed by atoms with Crippen LogP contribution in [0.3, 0.4) is 0 Å². The summed E-state index contributed by atoms with van der Waals surface area (Å²) < 4.78 is 12.3. The van der Waals surface area contributed by atoms with E-state index in [0.717, 1.165) is 42.6 Å². The maximum Gasteiger partial charge on any atom is 0.319 e. The first kappa shape index (κ1) is 25.5. The Morgan fingerprint density at radius 1 is 1.08 bits per heavy atom. The van der Waals surface area contributed by atoms with Crippen molar-refractivity contribution < 1.29 is 24.2 Å². The third-order valence-corrected chi connectivity index (χ3v) is 7.79. The number of nitrogens with one attached hydrogen (secondary N) is 3. The number of benzene rings is 2. The Morgan fingerprint density at radius 3 is 2.62 bits per heavy atom. The van der Waals surface area contributed by atoms with E-state index in [-0.39, 0.29) is 55.2 Å². The molecule has 37 heavy (non-hydrogen) atoms. The second-order valence-corrected chi connectivity index (χ2v) is 10.5. The number of carbonyl (C=O) groups excluding carboxylic acids is 2. The summed E-state index contributed by atoms with van der Waals surface area (Å²) in [4.78, 5) is 25.4. The normalized spacial score (nSPS) is 25.8. The zero-order chi connectivity index (χ0) is 25.8. The highest BCUT2D eigenvalue weighted by molar-refractivity contribution is 5.89. The molecule has 198 valence electrons. The molecular formula is C29H37N3O5. The molecule has 2 fully saturated rings. The van der Waals surface area contributed by atoms with Crippen molar-refractivity contribution in [1.82, 2.24) is 10.6 Å². The van der Waals surface area contributed by atoms with Gasteiger partial charge in [0.15, 0.2) is 0 Å². The minimum absolute atomic E-state index is 0.0339. The van der Waals surface area contributed by atoms with Crippen LogP contribution < -0.4 is 20.7 Å². The summed E-state index contributed by atoms with van der Waals surface area (Å²) in [5, 5.41) is 19.1. The second kappa shape index (κ2) is 11.5. The summed E-state index contributed by atoms with van der Waals surface area (Å²) >= 11 is 0. The number of rotatable bonds is 7. The van der Waals surface area contributed by atoms with Crippen molar-refractivity contribution in [1.29, 1.82) is 0 Å². The summed E-state index contributed by atoms with van der Waals surface area (Å²) in [6.07, 6.45) is 5.20. The lowest BCUT2D eigenvalue weighted by atomic mass is 9.84. The largest absolute Gasteiger partial charge is 0.487 e. The number of amides is 3. The SMILES string of the molecule is C[C@H](NC(=O)C[C@@H]1C[C@@H]2c3cc(NC(=O)NC4CCCCC4)ccc3O[C@@H]2[C@@H](CO)O1)c1ccccc1. The third kappa shape index (κ3) is 6.08. The molecule has 0 unspecified atom stereocenters. The molecule has 4 N–H and O–H groups in total. The standard InChI is InChI=1S/C29H37N3O5/c1-18(19-8-4-2-5-9-19)30-27(34)16-22-15-24-23-14-21(32-29(35)31-20-10-6-3-7-11-20)12-13-25(23)37-28(24)26(17-33)36-22/h2,4-5,8-9,12-14,18,20,22,24,26,28,33H,3,6-7,10-11,15-17H2,1H3,(H,30,34)(H2,31,32,35)/t18-,22-,24+,26+,28-/m0/s1. The zero-order valence-corrected chi connectivity index (χ0v) is 21.3. The maximum absolute atomic E-state index is 12.8. The maximum atomic E-state index is 12.8. The van der Waals surface area contributed by atoms with Crippen molar-refractivity contribution in [3.63, 3.8) is 0 Å². The average molecular weight is 508 g/mol. The molecule has 5 atom stereocenters. The molecule has 8 nitrogen and oxygen atoms in total. The minimum Gasteiger partial charge on any atom is -0.487 e. The molecule has 0 spiro atoms. The number of hydrogen-bond acceptors (Lipinski definition) is 5. The predicted octanol–water partition coefficient (Wildman–Crippen LogP) is 4.40. The monoisotopic (exact) mass is 507 g/mol. The van der Waals surface area contributed by atoms with Crippen molar-refractivity contribution in [3.8, 4) is 5.75 Å². The number of hydrogen-bond donors (Lipinski definition) is 4. The fourth-order valence-electron chi connectivity index (χ4n) is 5.90. The lowest BCUT2D eigenvalue weighted by molar-refractivity contribution is -0.142. The summed E-state index contributed by atoms with van der Waals surface area (Å²) in [6, 6.07) is 15.4. The van der Waals surface area contributed by atoms with Crippen molar-refractivity contribution in [2.75, 3.05) is 11.9 Å². The van der Waals surface area contributed by atoms with Crippen LogP contribution in [0.1, 0.15) is 75.0 Å². The van der Waals surface area contributed by atoms with Crippen LogP contribution in [0.4, 0.5) is 10.5 Å². The van der Waals surface area contributed by atoms with Crippen LogP contribution in [0.25, 0.3) is 0 Å². The van der Waals surface area contributed by atoms with Crippen LogP contribution in [0.15, 0.2) is 48.5 Å².